The summed E-state index contributed by atoms with van der Waals surface area (Å²) < 4.78 is 12.4. The van der Waals surface area contributed by atoms with Gasteiger partial charge in [0.2, 0.25) is 0 Å². The van der Waals surface area contributed by atoms with Crippen molar-refractivity contribution in [2.75, 3.05) is 6.61 Å². The van der Waals surface area contributed by atoms with Gasteiger partial charge in [-0.3, -0.25) is 0 Å². The summed E-state index contributed by atoms with van der Waals surface area (Å²) in [5, 5.41) is 49.1. The number of benzene rings is 4. The summed E-state index contributed by atoms with van der Waals surface area (Å²) in [7, 11) is 0. The SMILES string of the molecule is CCO.C[C@]12CCC3c4ccc(O)cc4CCC3C1C[C@H](O)[C@H]2O.C[C@]12CCC3c4ccc(OCc5ccccc5)cc4CCC3C1C[C@H](OCc1ccccc1)[C@H]2O. The number of phenolic OH excluding ortho intramolecular Hbond substituents is 1. The molecule has 7 nitrogen and oxygen atoms in total. The molecule has 0 spiro atoms. The number of hydrogen-bond donors (Lipinski definition) is 5. The van der Waals surface area contributed by atoms with Gasteiger partial charge in [0.15, 0.2) is 0 Å². The van der Waals surface area contributed by atoms with Crippen molar-refractivity contribution < 1.29 is 35.0 Å². The normalized spacial score (nSPS) is 34.8. The molecule has 7 heteroatoms. The highest BCUT2D eigenvalue weighted by molar-refractivity contribution is 5.42. The molecule has 0 radical (unpaired) electrons. The molecule has 316 valence electrons. The second-order valence-electron chi connectivity index (χ2n) is 19.0. The van der Waals surface area contributed by atoms with Gasteiger partial charge in [0.1, 0.15) is 18.1 Å². The molecule has 0 saturated heterocycles. The van der Waals surface area contributed by atoms with Crippen molar-refractivity contribution in [3.63, 3.8) is 0 Å². The molecule has 4 aromatic carbocycles. The molecule has 0 amide bonds. The molecular weight excluding hydrogens is 737 g/mol. The topological polar surface area (TPSA) is 120 Å². The molecule has 6 aliphatic carbocycles. The minimum Gasteiger partial charge on any atom is -0.508 e. The van der Waals surface area contributed by atoms with Crippen LogP contribution in [0.2, 0.25) is 0 Å². The minimum absolute atomic E-state index is 0.0429. The lowest BCUT2D eigenvalue weighted by atomic mass is 9.55. The van der Waals surface area contributed by atoms with Crippen LogP contribution in [0.1, 0.15) is 117 Å². The molecule has 59 heavy (non-hydrogen) atoms. The van der Waals surface area contributed by atoms with Crippen LogP contribution in [0.25, 0.3) is 0 Å². The number of aromatic hydroxyl groups is 1. The molecule has 6 unspecified atom stereocenters. The number of hydrogen-bond acceptors (Lipinski definition) is 7. The summed E-state index contributed by atoms with van der Waals surface area (Å²) in [5.41, 5.74) is 7.86. The van der Waals surface area contributed by atoms with Gasteiger partial charge in [-0.05, 0) is 175 Å². The van der Waals surface area contributed by atoms with Crippen molar-refractivity contribution in [3.05, 3.63) is 130 Å². The number of phenols is 1. The van der Waals surface area contributed by atoms with Crippen LogP contribution in [0.3, 0.4) is 0 Å². The maximum atomic E-state index is 11.4. The highest BCUT2D eigenvalue weighted by atomic mass is 16.5. The summed E-state index contributed by atoms with van der Waals surface area (Å²) >= 11 is 0. The van der Waals surface area contributed by atoms with Gasteiger partial charge in [0.25, 0.3) is 0 Å². The van der Waals surface area contributed by atoms with Gasteiger partial charge in [-0.1, -0.05) is 86.6 Å². The van der Waals surface area contributed by atoms with Gasteiger partial charge in [-0.2, -0.15) is 0 Å². The molecule has 5 N–H and O–H groups in total. The summed E-state index contributed by atoms with van der Waals surface area (Å²) in [5.74, 6) is 4.56. The van der Waals surface area contributed by atoms with Gasteiger partial charge in [0.05, 0.1) is 31.0 Å². The highest BCUT2D eigenvalue weighted by Gasteiger charge is 2.59. The first-order valence-corrected chi connectivity index (χ1v) is 22.5. The third-order valence-corrected chi connectivity index (χ3v) is 15.9. The lowest BCUT2D eigenvalue weighted by Gasteiger charge is -2.49. The van der Waals surface area contributed by atoms with Crippen molar-refractivity contribution in [1.82, 2.24) is 0 Å². The molecule has 0 aliphatic heterocycles. The standard InChI is InChI=1S/C32H36O3.C18H24O3.C2H6O/c1-32-17-16-27-26-15-13-25(34-20-22-8-4-2-5-9-22)18-24(26)12-14-28(27)29(32)19-30(31(32)33)35-21-23-10-6-3-7-11-23;1-18-7-6-13-12-5-3-11(19)8-10(12)2-4-14(13)15(18)9-16(20)17(18)21;1-2-3/h2-11,13,15,18,27-31,33H,12,14,16-17,19-21H2,1H3;3,5,8,13-17,19-21H,2,4,6-7,9H2,1H3;3H,2H2,1H3/t27?,28?,29?,30-,31+,32-;13?,14?,15?,16-,17+,18-;/m00./s1. The van der Waals surface area contributed by atoms with Crippen LogP contribution in [0.5, 0.6) is 11.5 Å². The lowest BCUT2D eigenvalue weighted by Crippen LogP contribution is -2.45. The fourth-order valence-electron chi connectivity index (χ4n) is 12.8. The second kappa shape index (κ2) is 17.7. The fraction of sp³-hybridized carbons (Fsp3) is 0.538. The maximum Gasteiger partial charge on any atom is 0.120 e. The summed E-state index contributed by atoms with van der Waals surface area (Å²) in [6.45, 7) is 7.60. The number of rotatable bonds is 6. The predicted octanol–water partition coefficient (Wildman–Crippen LogP) is 9.26. The van der Waals surface area contributed by atoms with E-state index in [-0.39, 0.29) is 29.6 Å². The summed E-state index contributed by atoms with van der Waals surface area (Å²) in [6.07, 6.45) is 8.83. The van der Waals surface area contributed by atoms with Crippen LogP contribution in [0, 0.1) is 34.5 Å². The Hall–Kier alpha value is -3.72. The molecule has 10 rings (SSSR count). The minimum atomic E-state index is -0.565. The third kappa shape index (κ3) is 8.23. The first-order valence-electron chi connectivity index (χ1n) is 22.5. The average Bonchev–Trinajstić information content (AvgIpc) is 3.66. The van der Waals surface area contributed by atoms with E-state index in [1.54, 1.807) is 13.0 Å². The Bertz CT molecular complexity index is 2000. The first kappa shape index (κ1) is 42.0. The van der Waals surface area contributed by atoms with Gasteiger partial charge in [-0.25, -0.2) is 0 Å². The van der Waals surface area contributed by atoms with Crippen LogP contribution in [-0.2, 0) is 30.8 Å². The Labute approximate surface area is 351 Å². The molecule has 0 heterocycles. The summed E-state index contributed by atoms with van der Waals surface area (Å²) in [4.78, 5) is 0. The third-order valence-electron chi connectivity index (χ3n) is 15.9. The van der Waals surface area contributed by atoms with E-state index in [4.69, 9.17) is 14.6 Å². The van der Waals surface area contributed by atoms with Crippen molar-refractivity contribution in [2.45, 2.75) is 134 Å². The number of aliphatic hydroxyl groups excluding tert-OH is 4. The van der Waals surface area contributed by atoms with Crippen molar-refractivity contribution in [2.24, 2.45) is 34.5 Å². The maximum absolute atomic E-state index is 11.4. The number of ether oxygens (including phenoxy) is 2. The van der Waals surface area contributed by atoms with E-state index >= 15 is 0 Å². The van der Waals surface area contributed by atoms with Crippen LogP contribution in [0.4, 0.5) is 0 Å². The Balaban J connectivity index is 0.000000171. The zero-order valence-corrected chi connectivity index (χ0v) is 35.3. The predicted molar refractivity (Wildman–Crippen MR) is 231 cm³/mol. The smallest absolute Gasteiger partial charge is 0.120 e. The van der Waals surface area contributed by atoms with Gasteiger partial charge >= 0.3 is 0 Å². The van der Waals surface area contributed by atoms with Gasteiger partial charge in [-0.15, -0.1) is 0 Å². The van der Waals surface area contributed by atoms with E-state index in [9.17, 15) is 20.4 Å². The number of aliphatic hydroxyl groups is 4. The quantitative estimate of drug-likeness (QED) is 0.132. The van der Waals surface area contributed by atoms with E-state index < -0.39 is 12.2 Å². The molecule has 4 saturated carbocycles. The van der Waals surface area contributed by atoms with Crippen molar-refractivity contribution in [3.8, 4) is 11.5 Å². The van der Waals surface area contributed by atoms with Crippen molar-refractivity contribution >= 4 is 0 Å². The molecule has 4 aromatic rings. The summed E-state index contributed by atoms with van der Waals surface area (Å²) in [6, 6.07) is 33.2. The lowest BCUT2D eigenvalue weighted by molar-refractivity contribution is -0.0764. The van der Waals surface area contributed by atoms with Crippen molar-refractivity contribution in [1.29, 1.82) is 0 Å². The van der Waals surface area contributed by atoms with Crippen LogP contribution in [0.15, 0.2) is 97.1 Å². The zero-order valence-electron chi connectivity index (χ0n) is 35.3. The molecule has 6 aliphatic rings. The van der Waals surface area contributed by atoms with E-state index in [1.165, 1.54) is 39.8 Å². The first-order chi connectivity index (χ1) is 28.5. The van der Waals surface area contributed by atoms with Crippen LogP contribution in [-0.4, -0.2) is 56.6 Å². The Morgan fingerprint density at radius 2 is 1.15 bits per heavy atom. The molecular formula is C52H66O7. The highest BCUT2D eigenvalue weighted by Crippen LogP contribution is 2.62. The monoisotopic (exact) mass is 802 g/mol. The molecule has 0 aromatic heterocycles. The van der Waals surface area contributed by atoms with E-state index in [0.717, 1.165) is 63.5 Å². The largest absolute Gasteiger partial charge is 0.508 e. The number of fused-ring (bicyclic) bond motifs is 10. The zero-order chi connectivity index (χ0) is 41.3. The Kier molecular flexibility index (Phi) is 12.6. The van der Waals surface area contributed by atoms with Gasteiger partial charge in [0, 0.05) is 6.61 Å². The molecule has 4 fully saturated rings. The number of aryl methyl sites for hydroxylation is 2. The fourth-order valence-corrected chi connectivity index (χ4v) is 12.8. The molecule has 0 bridgehead atoms. The van der Waals surface area contributed by atoms with Crippen LogP contribution >= 0.6 is 0 Å². The second-order valence-corrected chi connectivity index (χ2v) is 19.0. The van der Waals surface area contributed by atoms with Gasteiger partial charge < -0.3 is 35.0 Å². The molecule has 12 atom stereocenters. The van der Waals surface area contributed by atoms with E-state index in [2.05, 4.69) is 74.5 Å². The Morgan fingerprint density at radius 1 is 0.627 bits per heavy atom. The van der Waals surface area contributed by atoms with Crippen LogP contribution < -0.4 is 4.74 Å². The van der Waals surface area contributed by atoms with E-state index in [0.29, 0.717) is 54.5 Å². The average molecular weight is 803 g/mol. The Morgan fingerprint density at radius 3 is 1.76 bits per heavy atom. The van der Waals surface area contributed by atoms with E-state index in [1.807, 2.05) is 30.3 Å².